The molecular formula is C43H50N10O7. The third kappa shape index (κ3) is 8.44. The summed E-state index contributed by atoms with van der Waals surface area (Å²) in [5.74, 6) is -1.96. The lowest BCUT2D eigenvalue weighted by Crippen LogP contribution is -2.54. The van der Waals surface area contributed by atoms with Crippen molar-refractivity contribution in [3.63, 3.8) is 0 Å². The lowest BCUT2D eigenvalue weighted by atomic mass is 10.0. The van der Waals surface area contributed by atoms with Crippen LogP contribution in [0.2, 0.25) is 0 Å². The zero-order valence-electron chi connectivity index (χ0n) is 33.8. The van der Waals surface area contributed by atoms with Gasteiger partial charge in [-0.15, -0.1) is 0 Å². The highest BCUT2D eigenvalue weighted by atomic mass is 16.2. The standard InChI is InChI=1S/C43H50N10O7/c1-48-15-20-52(43(48)60)30-7-3-14-51(26-30)36-25-45-38(39(44)56)34(46-36)23-28-6-2-5-27(21-28)22-31(54)8-4-13-49-16-18-50(19-17-49)29-9-10-32-33(24-29)42(59)53(41(32)58)35-11-12-37(55)47-40(35)57/h2,5-6,9-10,21,24-25,30,35H,3-4,7-8,11-20,22-23,26H2,1H3,(H2,44,56)(H,47,55,57)/t30-,35?/m1/s1. The molecule has 3 N–H and O–H groups in total. The predicted octanol–water partition coefficient (Wildman–Crippen LogP) is 1.62. The minimum absolute atomic E-state index is 0.0462. The number of benzene rings is 2. The summed E-state index contributed by atoms with van der Waals surface area (Å²) in [5, 5.41) is 2.22. The van der Waals surface area contributed by atoms with Crippen molar-refractivity contribution in [2.24, 2.45) is 5.73 Å². The quantitative estimate of drug-likeness (QED) is 0.237. The lowest BCUT2D eigenvalue weighted by Gasteiger charge is -2.37. The minimum Gasteiger partial charge on any atom is -0.369 e. The van der Waals surface area contributed by atoms with Gasteiger partial charge >= 0.3 is 6.03 Å². The van der Waals surface area contributed by atoms with Crippen LogP contribution in [-0.4, -0.2) is 149 Å². The molecule has 0 spiro atoms. The third-order valence-corrected chi connectivity index (χ3v) is 12.3. The van der Waals surface area contributed by atoms with Crippen LogP contribution in [0.15, 0.2) is 48.7 Å². The van der Waals surface area contributed by atoms with Gasteiger partial charge in [0, 0.05) is 90.8 Å². The van der Waals surface area contributed by atoms with Gasteiger partial charge in [-0.25, -0.2) is 14.8 Å². The fourth-order valence-electron chi connectivity index (χ4n) is 9.07. The highest BCUT2D eigenvalue weighted by Crippen LogP contribution is 2.31. The summed E-state index contributed by atoms with van der Waals surface area (Å²) in [6, 6.07) is 12.0. The zero-order chi connectivity index (χ0) is 42.1. The summed E-state index contributed by atoms with van der Waals surface area (Å²) < 4.78 is 0. The second-order valence-electron chi connectivity index (χ2n) is 16.3. The number of hydrogen-bond donors (Lipinski definition) is 2. The number of nitrogens with two attached hydrogens (primary N) is 1. The van der Waals surface area contributed by atoms with Crippen LogP contribution in [0, 0.1) is 0 Å². The van der Waals surface area contributed by atoms with E-state index < -0.39 is 35.6 Å². The molecule has 4 fully saturated rings. The first-order valence-corrected chi connectivity index (χ1v) is 20.8. The molecule has 17 nitrogen and oxygen atoms in total. The average Bonchev–Trinajstić information content (AvgIpc) is 3.70. The lowest BCUT2D eigenvalue weighted by molar-refractivity contribution is -0.136. The van der Waals surface area contributed by atoms with Crippen molar-refractivity contribution in [1.82, 2.24) is 34.9 Å². The molecule has 2 aromatic carbocycles. The number of fused-ring (bicyclic) bond motifs is 1. The van der Waals surface area contributed by atoms with Crippen LogP contribution < -0.4 is 20.9 Å². The van der Waals surface area contributed by atoms with Crippen molar-refractivity contribution in [2.45, 2.75) is 63.5 Å². The number of amides is 7. The first kappa shape index (κ1) is 40.5. The molecular weight excluding hydrogens is 769 g/mol. The number of ketones is 1. The smallest absolute Gasteiger partial charge is 0.320 e. The number of piperidine rings is 2. The summed E-state index contributed by atoms with van der Waals surface area (Å²) in [7, 11) is 1.82. The third-order valence-electron chi connectivity index (χ3n) is 12.3. The van der Waals surface area contributed by atoms with Gasteiger partial charge < -0.3 is 25.3 Å². The number of rotatable bonds is 13. The van der Waals surface area contributed by atoms with Crippen molar-refractivity contribution in [3.8, 4) is 0 Å². The van der Waals surface area contributed by atoms with Crippen LogP contribution in [0.3, 0.4) is 0 Å². The molecule has 60 heavy (non-hydrogen) atoms. The first-order valence-electron chi connectivity index (χ1n) is 20.8. The number of anilines is 2. The SMILES string of the molecule is CN1CCN([C@@H]2CCCN(c3cnc(C(N)=O)c(Cc4cccc(CC(=O)CCCN5CCN(c6ccc7c(c6)C(=O)N(C6CCC(=O)NC6=O)C7=O)CC5)c4)n3)C2)C1=O. The fraction of sp³-hybridized carbons (Fsp3) is 0.465. The Labute approximate surface area is 347 Å². The van der Waals surface area contributed by atoms with Crippen LogP contribution in [0.1, 0.15) is 86.6 Å². The highest BCUT2D eigenvalue weighted by molar-refractivity contribution is 6.23. The molecule has 17 heteroatoms. The number of carbonyl (C=O) groups excluding carboxylic acids is 7. The predicted molar refractivity (Wildman–Crippen MR) is 219 cm³/mol. The molecule has 1 unspecified atom stereocenters. The van der Waals surface area contributed by atoms with Crippen molar-refractivity contribution in [2.75, 3.05) is 75.8 Å². The van der Waals surface area contributed by atoms with Crippen LogP contribution in [0.5, 0.6) is 0 Å². The van der Waals surface area contributed by atoms with E-state index in [0.29, 0.717) is 63.5 Å². The Morgan fingerprint density at radius 2 is 1.65 bits per heavy atom. The Kier molecular flexibility index (Phi) is 11.6. The largest absolute Gasteiger partial charge is 0.369 e. The van der Waals surface area contributed by atoms with Gasteiger partial charge in [0.1, 0.15) is 23.3 Å². The summed E-state index contributed by atoms with van der Waals surface area (Å²) in [4.78, 5) is 109. The molecule has 0 saturated carbocycles. The number of aromatic nitrogens is 2. The number of urea groups is 1. The molecule has 4 saturated heterocycles. The Morgan fingerprint density at radius 3 is 2.40 bits per heavy atom. The molecule has 0 bridgehead atoms. The number of Topliss-reactive ketones (excluding diaryl/α,β-unsaturated/α-hetero) is 1. The molecule has 1 aromatic heterocycles. The highest BCUT2D eigenvalue weighted by Gasteiger charge is 2.45. The molecule has 8 rings (SSSR count). The van der Waals surface area contributed by atoms with E-state index >= 15 is 0 Å². The van der Waals surface area contributed by atoms with Crippen LogP contribution in [0.4, 0.5) is 16.3 Å². The van der Waals surface area contributed by atoms with E-state index in [1.807, 2.05) is 42.3 Å². The molecule has 0 radical (unpaired) electrons. The van der Waals surface area contributed by atoms with E-state index in [4.69, 9.17) is 10.7 Å². The maximum atomic E-state index is 13.3. The van der Waals surface area contributed by atoms with E-state index in [9.17, 15) is 33.6 Å². The zero-order valence-corrected chi connectivity index (χ0v) is 33.8. The van der Waals surface area contributed by atoms with Gasteiger partial charge in [0.25, 0.3) is 17.7 Å². The van der Waals surface area contributed by atoms with Gasteiger partial charge in [-0.05, 0) is 61.6 Å². The van der Waals surface area contributed by atoms with Crippen LogP contribution in [-0.2, 0) is 27.2 Å². The van der Waals surface area contributed by atoms with E-state index in [2.05, 4.69) is 25.0 Å². The molecule has 2 atom stereocenters. The number of hydrogen-bond acceptors (Lipinski definition) is 12. The van der Waals surface area contributed by atoms with Gasteiger partial charge in [-0.2, -0.15) is 0 Å². The van der Waals surface area contributed by atoms with Crippen LogP contribution in [0.25, 0.3) is 0 Å². The number of carbonyl (C=O) groups is 7. The molecule has 3 aromatic rings. The summed E-state index contributed by atoms with van der Waals surface area (Å²) >= 11 is 0. The number of nitrogens with one attached hydrogen (secondary N) is 1. The molecule has 6 heterocycles. The summed E-state index contributed by atoms with van der Waals surface area (Å²) in [5.41, 5.74) is 9.42. The molecule has 5 aliphatic rings. The van der Waals surface area contributed by atoms with E-state index in [1.54, 1.807) is 23.2 Å². The maximum absolute atomic E-state index is 13.3. The number of likely N-dealkylation sites (N-methyl/N-ethyl adjacent to an activating group) is 1. The van der Waals surface area contributed by atoms with Crippen molar-refractivity contribution < 1.29 is 33.6 Å². The molecule has 7 amide bonds. The van der Waals surface area contributed by atoms with Gasteiger partial charge in [-0.3, -0.25) is 43.9 Å². The number of imide groups is 2. The van der Waals surface area contributed by atoms with E-state index in [-0.39, 0.29) is 53.9 Å². The average molecular weight is 819 g/mol. The normalized spacial score (nSPS) is 21.2. The fourth-order valence-corrected chi connectivity index (χ4v) is 9.07. The van der Waals surface area contributed by atoms with Gasteiger partial charge in [0.15, 0.2) is 0 Å². The summed E-state index contributed by atoms with van der Waals surface area (Å²) in [6.45, 7) is 6.55. The second kappa shape index (κ2) is 17.2. The summed E-state index contributed by atoms with van der Waals surface area (Å²) in [6.07, 6.45) is 5.35. The Hall–Kier alpha value is -6.23. The van der Waals surface area contributed by atoms with Crippen LogP contribution >= 0.6 is 0 Å². The molecule has 0 aliphatic carbocycles. The minimum atomic E-state index is -1.00. The van der Waals surface area contributed by atoms with Crippen molar-refractivity contribution in [3.05, 3.63) is 82.3 Å². The molecule has 314 valence electrons. The van der Waals surface area contributed by atoms with E-state index in [0.717, 1.165) is 60.7 Å². The van der Waals surface area contributed by atoms with Crippen molar-refractivity contribution in [1.29, 1.82) is 0 Å². The first-order chi connectivity index (χ1) is 28.9. The number of nitrogens with zero attached hydrogens (tertiary/aromatic N) is 8. The molecule has 5 aliphatic heterocycles. The second-order valence-corrected chi connectivity index (χ2v) is 16.3. The van der Waals surface area contributed by atoms with E-state index in [1.165, 1.54) is 0 Å². The monoisotopic (exact) mass is 818 g/mol. The Morgan fingerprint density at radius 1 is 0.867 bits per heavy atom. The Bertz CT molecular complexity index is 2240. The Balaban J connectivity index is 0.812. The maximum Gasteiger partial charge on any atom is 0.320 e. The topological polar surface area (TPSA) is 203 Å². The number of piperazine rings is 1. The van der Waals surface area contributed by atoms with Gasteiger partial charge in [0.2, 0.25) is 11.8 Å². The number of primary amides is 1. The van der Waals surface area contributed by atoms with Gasteiger partial charge in [0.05, 0.1) is 29.1 Å². The van der Waals surface area contributed by atoms with Gasteiger partial charge in [-0.1, -0.05) is 24.3 Å². The van der Waals surface area contributed by atoms with Crippen molar-refractivity contribution >= 4 is 52.9 Å².